The van der Waals surface area contributed by atoms with Crippen LogP contribution in [0.2, 0.25) is 5.02 Å². The second-order valence-electron chi connectivity index (χ2n) is 3.65. The molecule has 0 saturated carbocycles. The molecule has 2 aromatic carbocycles. The lowest BCUT2D eigenvalue weighted by atomic mass is 10.0. The Morgan fingerprint density at radius 2 is 1.59 bits per heavy atom. The number of nitrogen functional groups attached to an aromatic ring is 3. The van der Waals surface area contributed by atoms with E-state index in [9.17, 15) is 0 Å². The molecule has 0 fully saturated rings. The van der Waals surface area contributed by atoms with Gasteiger partial charge in [-0.1, -0.05) is 29.8 Å². The fourth-order valence-corrected chi connectivity index (χ4v) is 1.84. The van der Waals surface area contributed by atoms with Crippen molar-refractivity contribution in [3.63, 3.8) is 0 Å². The summed E-state index contributed by atoms with van der Waals surface area (Å²) in [7, 11) is 0. The van der Waals surface area contributed by atoms with Gasteiger partial charge in [-0.3, -0.25) is 5.84 Å². The second kappa shape index (κ2) is 4.53. The molecule has 0 aliphatic heterocycles. The molecule has 0 aliphatic rings. The molecule has 7 N–H and O–H groups in total. The van der Waals surface area contributed by atoms with Gasteiger partial charge in [0, 0.05) is 11.3 Å². The quantitative estimate of drug-likeness (QED) is 0.373. The monoisotopic (exact) mass is 248 g/mol. The molecule has 2 rings (SSSR count). The molecule has 88 valence electrons. The van der Waals surface area contributed by atoms with Crippen molar-refractivity contribution in [1.29, 1.82) is 0 Å². The van der Waals surface area contributed by atoms with Crippen molar-refractivity contribution in [2.75, 3.05) is 16.9 Å². The summed E-state index contributed by atoms with van der Waals surface area (Å²) < 4.78 is 0. The summed E-state index contributed by atoms with van der Waals surface area (Å²) in [4.78, 5) is 0. The highest BCUT2D eigenvalue weighted by Crippen LogP contribution is 2.36. The van der Waals surface area contributed by atoms with Gasteiger partial charge in [-0.25, -0.2) is 0 Å². The van der Waals surface area contributed by atoms with Gasteiger partial charge < -0.3 is 16.9 Å². The topological polar surface area (TPSA) is 90.1 Å². The Hall–Kier alpha value is -1.91. The summed E-state index contributed by atoms with van der Waals surface area (Å²) in [6.45, 7) is 0. The Kier molecular flexibility index (Phi) is 3.08. The average Bonchev–Trinajstić information content (AvgIpc) is 2.34. The maximum absolute atomic E-state index is 6.09. The van der Waals surface area contributed by atoms with Gasteiger partial charge in [-0.05, 0) is 23.8 Å². The van der Waals surface area contributed by atoms with Gasteiger partial charge in [-0.15, -0.1) is 0 Å². The minimum atomic E-state index is 0.418. The molecule has 0 atom stereocenters. The van der Waals surface area contributed by atoms with Gasteiger partial charge >= 0.3 is 0 Å². The number of hydrazine groups is 1. The molecular weight excluding hydrogens is 236 g/mol. The third-order valence-corrected chi connectivity index (χ3v) is 2.96. The van der Waals surface area contributed by atoms with Crippen molar-refractivity contribution in [2.45, 2.75) is 0 Å². The molecule has 0 aliphatic carbocycles. The van der Waals surface area contributed by atoms with Crippen LogP contribution in [0.1, 0.15) is 0 Å². The highest BCUT2D eigenvalue weighted by atomic mass is 35.5. The molecule has 0 unspecified atom stereocenters. The first-order valence-electron chi connectivity index (χ1n) is 5.04. The predicted molar refractivity (Wildman–Crippen MR) is 73.5 cm³/mol. The van der Waals surface area contributed by atoms with E-state index in [0.717, 1.165) is 11.1 Å². The van der Waals surface area contributed by atoms with Crippen molar-refractivity contribution in [3.05, 3.63) is 41.4 Å². The van der Waals surface area contributed by atoms with E-state index < -0.39 is 0 Å². The molecule has 4 nitrogen and oxygen atoms in total. The Labute approximate surface area is 104 Å². The highest BCUT2D eigenvalue weighted by molar-refractivity contribution is 6.36. The van der Waals surface area contributed by atoms with E-state index in [1.807, 2.05) is 30.3 Å². The third kappa shape index (κ3) is 2.13. The van der Waals surface area contributed by atoms with Crippen LogP contribution in [0.5, 0.6) is 0 Å². The summed E-state index contributed by atoms with van der Waals surface area (Å²) in [5, 5.41) is 0.418. The third-order valence-electron chi connectivity index (χ3n) is 2.56. The summed E-state index contributed by atoms with van der Waals surface area (Å²) in [6, 6.07) is 11.1. The van der Waals surface area contributed by atoms with Crippen molar-refractivity contribution in [2.24, 2.45) is 5.84 Å². The molecule has 0 aromatic heterocycles. The van der Waals surface area contributed by atoms with E-state index in [2.05, 4.69) is 5.43 Å². The van der Waals surface area contributed by atoms with Crippen LogP contribution in [0.3, 0.4) is 0 Å². The van der Waals surface area contributed by atoms with E-state index in [1.54, 1.807) is 6.07 Å². The summed E-state index contributed by atoms with van der Waals surface area (Å²) in [5.41, 5.74) is 17.7. The van der Waals surface area contributed by atoms with Crippen LogP contribution in [0.4, 0.5) is 17.1 Å². The van der Waals surface area contributed by atoms with Crippen LogP contribution in [-0.4, -0.2) is 0 Å². The second-order valence-corrected chi connectivity index (χ2v) is 4.03. The Balaban J connectivity index is 2.53. The molecule has 17 heavy (non-hydrogen) atoms. The van der Waals surface area contributed by atoms with Crippen LogP contribution >= 0.6 is 11.6 Å². The lowest BCUT2D eigenvalue weighted by Gasteiger charge is -2.11. The van der Waals surface area contributed by atoms with Gasteiger partial charge in [0.05, 0.1) is 16.4 Å². The number of halogens is 1. The summed E-state index contributed by atoms with van der Waals surface area (Å²) in [6.07, 6.45) is 0. The fourth-order valence-electron chi connectivity index (χ4n) is 1.62. The predicted octanol–water partition coefficient (Wildman–Crippen LogP) is 2.46. The van der Waals surface area contributed by atoms with Gasteiger partial charge in [0.25, 0.3) is 0 Å². The largest absolute Gasteiger partial charge is 0.399 e. The average molecular weight is 249 g/mol. The smallest absolute Gasteiger partial charge is 0.0886 e. The number of anilines is 3. The Morgan fingerprint density at radius 3 is 2.18 bits per heavy atom. The molecule has 2 aromatic rings. The van der Waals surface area contributed by atoms with E-state index in [-0.39, 0.29) is 0 Å². The van der Waals surface area contributed by atoms with Gasteiger partial charge in [0.15, 0.2) is 0 Å². The zero-order valence-corrected chi connectivity index (χ0v) is 9.83. The van der Waals surface area contributed by atoms with Crippen LogP contribution < -0.4 is 22.7 Å². The van der Waals surface area contributed by atoms with Crippen molar-refractivity contribution < 1.29 is 0 Å². The fraction of sp³-hybridized carbons (Fsp3) is 0. The first-order chi connectivity index (χ1) is 8.13. The van der Waals surface area contributed by atoms with Gasteiger partial charge in [0.1, 0.15) is 0 Å². The number of hydrogen-bond donors (Lipinski definition) is 4. The summed E-state index contributed by atoms with van der Waals surface area (Å²) >= 11 is 6.09. The van der Waals surface area contributed by atoms with E-state index in [1.165, 1.54) is 0 Å². The number of hydrogen-bond acceptors (Lipinski definition) is 4. The van der Waals surface area contributed by atoms with E-state index >= 15 is 0 Å². The standard InChI is InChI=1S/C12H13ClN4/c13-11-10(17-16)6-5-9(12(11)15)7-1-3-8(14)4-2-7/h1-6,17H,14-16H2. The molecule has 0 spiro atoms. The van der Waals surface area contributed by atoms with E-state index in [0.29, 0.717) is 22.1 Å². The normalized spacial score (nSPS) is 10.2. The zero-order valence-electron chi connectivity index (χ0n) is 9.07. The van der Waals surface area contributed by atoms with Crippen LogP contribution in [0, 0.1) is 0 Å². The molecular formula is C12H13ClN4. The minimum Gasteiger partial charge on any atom is -0.399 e. The van der Waals surface area contributed by atoms with Crippen molar-refractivity contribution >= 4 is 28.7 Å². The summed E-state index contributed by atoms with van der Waals surface area (Å²) in [5.74, 6) is 5.32. The molecule has 5 heteroatoms. The molecule has 0 amide bonds. The molecule has 0 heterocycles. The Morgan fingerprint density at radius 1 is 0.941 bits per heavy atom. The lowest BCUT2D eigenvalue weighted by molar-refractivity contribution is 1.35. The number of nitrogens with two attached hydrogens (primary N) is 3. The number of nitrogens with one attached hydrogen (secondary N) is 1. The molecule has 0 saturated heterocycles. The van der Waals surface area contributed by atoms with E-state index in [4.69, 9.17) is 28.9 Å². The molecule has 0 radical (unpaired) electrons. The SMILES string of the molecule is NNc1ccc(-c2ccc(N)cc2)c(N)c1Cl. The van der Waals surface area contributed by atoms with Crippen molar-refractivity contribution in [1.82, 2.24) is 0 Å². The molecule has 0 bridgehead atoms. The Bertz CT molecular complexity index is 537. The van der Waals surface area contributed by atoms with Crippen molar-refractivity contribution in [3.8, 4) is 11.1 Å². The highest BCUT2D eigenvalue weighted by Gasteiger charge is 2.09. The number of benzene rings is 2. The first-order valence-corrected chi connectivity index (χ1v) is 5.42. The minimum absolute atomic E-state index is 0.418. The zero-order chi connectivity index (χ0) is 12.4. The van der Waals surface area contributed by atoms with Gasteiger partial charge in [-0.2, -0.15) is 0 Å². The number of rotatable bonds is 2. The van der Waals surface area contributed by atoms with Crippen LogP contribution in [0.25, 0.3) is 11.1 Å². The maximum Gasteiger partial charge on any atom is 0.0886 e. The lowest BCUT2D eigenvalue weighted by Crippen LogP contribution is -2.08. The first kappa shape index (κ1) is 11.6. The van der Waals surface area contributed by atoms with Crippen LogP contribution in [0.15, 0.2) is 36.4 Å². The van der Waals surface area contributed by atoms with Gasteiger partial charge in [0.2, 0.25) is 0 Å². The maximum atomic E-state index is 6.09. The van der Waals surface area contributed by atoms with Crippen LogP contribution in [-0.2, 0) is 0 Å².